The van der Waals surface area contributed by atoms with Crippen LogP contribution in [-0.4, -0.2) is 6.61 Å². The second-order valence-electron chi connectivity index (χ2n) is 3.73. The van der Waals surface area contributed by atoms with Gasteiger partial charge in [-0.2, -0.15) is 0 Å². The van der Waals surface area contributed by atoms with E-state index < -0.39 is 0 Å². The molecule has 1 aliphatic carbocycles. The summed E-state index contributed by atoms with van der Waals surface area (Å²) in [6, 6.07) is 6.50. The van der Waals surface area contributed by atoms with Gasteiger partial charge in [-0.25, -0.2) is 0 Å². The van der Waals surface area contributed by atoms with Crippen molar-refractivity contribution in [3.05, 3.63) is 29.3 Å². The monoisotopic (exact) mass is 176 g/mol. The number of ether oxygens (including phenoxy) is 1. The number of aryl methyl sites for hydroxylation is 1. The molecule has 0 aliphatic heterocycles. The number of hydrogen-bond donors (Lipinski definition) is 0. The first kappa shape index (κ1) is 8.61. The fourth-order valence-electron chi connectivity index (χ4n) is 2.06. The molecule has 0 heterocycles. The molecule has 1 aliphatic rings. The highest BCUT2D eigenvalue weighted by molar-refractivity contribution is 5.40. The van der Waals surface area contributed by atoms with E-state index in [-0.39, 0.29) is 0 Å². The van der Waals surface area contributed by atoms with Gasteiger partial charge in [-0.05, 0) is 48.9 Å². The van der Waals surface area contributed by atoms with Crippen molar-refractivity contribution in [1.82, 2.24) is 0 Å². The Balaban J connectivity index is 2.29. The lowest BCUT2D eigenvalue weighted by Gasteiger charge is -2.07. The summed E-state index contributed by atoms with van der Waals surface area (Å²) < 4.78 is 5.47. The Morgan fingerprint density at radius 2 is 2.31 bits per heavy atom. The van der Waals surface area contributed by atoms with Gasteiger partial charge in [0, 0.05) is 0 Å². The van der Waals surface area contributed by atoms with E-state index in [4.69, 9.17) is 4.74 Å². The Hall–Kier alpha value is -0.980. The zero-order valence-electron chi connectivity index (χ0n) is 8.34. The summed E-state index contributed by atoms with van der Waals surface area (Å²) in [5.74, 6) is 1.76. The van der Waals surface area contributed by atoms with Crippen LogP contribution in [0.2, 0.25) is 0 Å². The smallest absolute Gasteiger partial charge is 0.119 e. The van der Waals surface area contributed by atoms with Crippen LogP contribution >= 0.6 is 0 Å². The highest BCUT2D eigenvalue weighted by Gasteiger charge is 2.18. The van der Waals surface area contributed by atoms with Crippen LogP contribution in [0.4, 0.5) is 0 Å². The van der Waals surface area contributed by atoms with Gasteiger partial charge in [-0.3, -0.25) is 0 Å². The van der Waals surface area contributed by atoms with Gasteiger partial charge in [0.05, 0.1) is 6.61 Å². The molecule has 70 valence electrons. The Morgan fingerprint density at radius 1 is 1.46 bits per heavy atom. The van der Waals surface area contributed by atoms with Gasteiger partial charge in [0.1, 0.15) is 5.75 Å². The molecule has 2 rings (SSSR count). The van der Waals surface area contributed by atoms with Crippen molar-refractivity contribution < 1.29 is 4.74 Å². The zero-order valence-corrected chi connectivity index (χ0v) is 8.34. The minimum absolute atomic E-state index is 0.741. The molecule has 0 spiro atoms. The summed E-state index contributed by atoms with van der Waals surface area (Å²) in [6.45, 7) is 5.08. The van der Waals surface area contributed by atoms with Gasteiger partial charge in [-0.1, -0.05) is 13.0 Å². The molecule has 0 saturated heterocycles. The number of rotatable bonds is 2. The molecular formula is C12H16O. The van der Waals surface area contributed by atoms with Crippen molar-refractivity contribution in [2.45, 2.75) is 32.6 Å². The topological polar surface area (TPSA) is 9.23 Å². The lowest BCUT2D eigenvalue weighted by molar-refractivity contribution is 0.340. The molecule has 0 amide bonds. The summed E-state index contributed by atoms with van der Waals surface area (Å²) in [6.07, 6.45) is 2.52. The third-order valence-electron chi connectivity index (χ3n) is 2.80. The van der Waals surface area contributed by atoms with Crippen molar-refractivity contribution >= 4 is 0 Å². The lowest BCUT2D eigenvalue weighted by atomic mass is 10.0. The average molecular weight is 176 g/mol. The van der Waals surface area contributed by atoms with E-state index in [1.54, 1.807) is 0 Å². The van der Waals surface area contributed by atoms with Crippen LogP contribution in [0.15, 0.2) is 18.2 Å². The van der Waals surface area contributed by atoms with E-state index in [0.717, 1.165) is 18.3 Å². The van der Waals surface area contributed by atoms with Crippen LogP contribution in [0.5, 0.6) is 5.75 Å². The zero-order chi connectivity index (χ0) is 9.26. The third kappa shape index (κ3) is 1.55. The van der Waals surface area contributed by atoms with E-state index in [0.29, 0.717) is 0 Å². The fourth-order valence-corrected chi connectivity index (χ4v) is 2.06. The van der Waals surface area contributed by atoms with Gasteiger partial charge in [-0.15, -0.1) is 0 Å². The molecule has 0 fully saturated rings. The highest BCUT2D eigenvalue weighted by Crippen LogP contribution is 2.34. The van der Waals surface area contributed by atoms with Gasteiger partial charge >= 0.3 is 0 Å². The molecule has 13 heavy (non-hydrogen) atoms. The van der Waals surface area contributed by atoms with Crippen LogP contribution in [0.1, 0.15) is 37.3 Å². The van der Waals surface area contributed by atoms with Gasteiger partial charge in [0.25, 0.3) is 0 Å². The minimum atomic E-state index is 0.741. The normalized spacial score (nSPS) is 20.0. The summed E-state index contributed by atoms with van der Waals surface area (Å²) in [5, 5.41) is 0. The maximum atomic E-state index is 5.47. The predicted octanol–water partition coefficient (Wildman–Crippen LogP) is 3.14. The largest absolute Gasteiger partial charge is 0.494 e. The van der Waals surface area contributed by atoms with Crippen molar-refractivity contribution in [1.29, 1.82) is 0 Å². The molecule has 0 bridgehead atoms. The van der Waals surface area contributed by atoms with E-state index >= 15 is 0 Å². The van der Waals surface area contributed by atoms with Gasteiger partial charge in [0.2, 0.25) is 0 Å². The molecule has 0 aromatic heterocycles. The first-order valence-electron chi connectivity index (χ1n) is 5.07. The predicted molar refractivity (Wildman–Crippen MR) is 54.3 cm³/mol. The number of fused-ring (bicyclic) bond motifs is 1. The van der Waals surface area contributed by atoms with E-state index in [9.17, 15) is 0 Å². The summed E-state index contributed by atoms with van der Waals surface area (Å²) >= 11 is 0. The standard InChI is InChI=1S/C12H16O/c1-3-13-11-6-7-12-9(2)4-5-10(12)8-11/h6-9H,3-5H2,1-2H3/t9-/m0/s1. The second-order valence-corrected chi connectivity index (χ2v) is 3.73. The molecule has 1 nitrogen and oxygen atoms in total. The molecule has 1 heteroatoms. The molecule has 1 aromatic carbocycles. The van der Waals surface area contributed by atoms with Crippen molar-refractivity contribution in [2.75, 3.05) is 6.61 Å². The van der Waals surface area contributed by atoms with Crippen molar-refractivity contribution in [3.8, 4) is 5.75 Å². The van der Waals surface area contributed by atoms with E-state index in [1.807, 2.05) is 6.92 Å². The number of benzene rings is 1. The Labute approximate surface area is 79.7 Å². The third-order valence-corrected chi connectivity index (χ3v) is 2.80. The summed E-state index contributed by atoms with van der Waals surface area (Å²) in [4.78, 5) is 0. The Morgan fingerprint density at radius 3 is 3.08 bits per heavy atom. The molecule has 0 radical (unpaired) electrons. The molecule has 1 atom stereocenters. The van der Waals surface area contributed by atoms with Crippen LogP contribution in [0, 0.1) is 0 Å². The van der Waals surface area contributed by atoms with Crippen molar-refractivity contribution in [2.24, 2.45) is 0 Å². The maximum Gasteiger partial charge on any atom is 0.119 e. The molecule has 0 N–H and O–H groups in total. The number of hydrogen-bond acceptors (Lipinski definition) is 1. The quantitative estimate of drug-likeness (QED) is 0.672. The molecule has 1 aromatic rings. The second kappa shape index (κ2) is 3.41. The van der Waals surface area contributed by atoms with Crippen molar-refractivity contribution in [3.63, 3.8) is 0 Å². The maximum absolute atomic E-state index is 5.47. The molecule has 0 saturated carbocycles. The van der Waals surface area contributed by atoms with Crippen LogP contribution < -0.4 is 4.74 Å². The first-order valence-corrected chi connectivity index (χ1v) is 5.07. The fraction of sp³-hybridized carbons (Fsp3) is 0.500. The van der Waals surface area contributed by atoms with Gasteiger partial charge < -0.3 is 4.74 Å². The van der Waals surface area contributed by atoms with Gasteiger partial charge in [0.15, 0.2) is 0 Å². The minimum Gasteiger partial charge on any atom is -0.494 e. The molecular weight excluding hydrogens is 160 g/mol. The SMILES string of the molecule is CCOc1ccc2c(c1)CC[C@@H]2C. The first-order chi connectivity index (χ1) is 6.31. The summed E-state index contributed by atoms with van der Waals surface area (Å²) in [7, 11) is 0. The Bertz CT molecular complexity index is 304. The van der Waals surface area contributed by atoms with Crippen LogP contribution in [-0.2, 0) is 6.42 Å². The van der Waals surface area contributed by atoms with Crippen LogP contribution in [0.3, 0.4) is 0 Å². The molecule has 0 unspecified atom stereocenters. The lowest BCUT2D eigenvalue weighted by Crippen LogP contribution is -1.93. The summed E-state index contributed by atoms with van der Waals surface area (Å²) in [5.41, 5.74) is 3.00. The highest BCUT2D eigenvalue weighted by atomic mass is 16.5. The van der Waals surface area contributed by atoms with Crippen LogP contribution in [0.25, 0.3) is 0 Å². The Kier molecular flexibility index (Phi) is 2.26. The van der Waals surface area contributed by atoms with E-state index in [1.165, 1.54) is 24.0 Å². The average Bonchev–Trinajstić information content (AvgIpc) is 2.48. The van der Waals surface area contributed by atoms with E-state index in [2.05, 4.69) is 25.1 Å².